The molecular weight excluding hydrogens is 296 g/mol. The Bertz CT molecular complexity index is 492. The highest BCUT2D eigenvalue weighted by molar-refractivity contribution is 5.45. The summed E-state index contributed by atoms with van der Waals surface area (Å²) in [5.41, 5.74) is 0. The Hall–Kier alpha value is -1.58. The molecule has 1 heterocycles. The first-order valence-electron chi connectivity index (χ1n) is 6.71. The molecule has 1 aliphatic heterocycles. The third-order valence-electron chi connectivity index (χ3n) is 3.46. The number of aliphatic hydroxyl groups is 4. The second kappa shape index (κ2) is 7.12. The maximum Gasteiger partial charge on any atom is 0.229 e. The molecule has 1 saturated heterocycles. The van der Waals surface area contributed by atoms with Crippen LogP contribution in [-0.2, 0) is 4.74 Å². The highest BCUT2D eigenvalue weighted by atomic mass is 16.7. The zero-order chi connectivity index (χ0) is 16.3. The molecule has 0 amide bonds. The lowest BCUT2D eigenvalue weighted by molar-refractivity contribution is -0.277. The zero-order valence-corrected chi connectivity index (χ0v) is 12.2. The second-order valence-corrected chi connectivity index (χ2v) is 4.83. The Morgan fingerprint density at radius 3 is 2.27 bits per heavy atom. The minimum Gasteiger partial charge on any atom is -0.493 e. The van der Waals surface area contributed by atoms with E-state index in [2.05, 4.69) is 0 Å². The van der Waals surface area contributed by atoms with Gasteiger partial charge in [0, 0.05) is 6.07 Å². The molecule has 124 valence electrons. The Balaban J connectivity index is 2.15. The average Bonchev–Trinajstić information content (AvgIpc) is 2.55. The molecule has 0 unspecified atom stereocenters. The van der Waals surface area contributed by atoms with Gasteiger partial charge in [-0.2, -0.15) is 0 Å². The molecule has 1 aliphatic rings. The lowest BCUT2D eigenvalue weighted by Crippen LogP contribution is -2.60. The van der Waals surface area contributed by atoms with Gasteiger partial charge in [0.05, 0.1) is 20.8 Å². The molecule has 2 rings (SSSR count). The minimum absolute atomic E-state index is 0.307. The fourth-order valence-electron chi connectivity index (χ4n) is 2.19. The van der Waals surface area contributed by atoms with Crippen molar-refractivity contribution in [2.45, 2.75) is 30.7 Å². The summed E-state index contributed by atoms with van der Waals surface area (Å²) in [7, 11) is 2.96. The number of benzene rings is 1. The van der Waals surface area contributed by atoms with Gasteiger partial charge in [-0.3, -0.25) is 0 Å². The summed E-state index contributed by atoms with van der Waals surface area (Å²) in [5, 5.41) is 38.5. The largest absolute Gasteiger partial charge is 0.493 e. The Morgan fingerprint density at radius 2 is 1.68 bits per heavy atom. The van der Waals surface area contributed by atoms with Crippen molar-refractivity contribution >= 4 is 0 Å². The molecule has 1 aromatic carbocycles. The summed E-state index contributed by atoms with van der Waals surface area (Å²) in [5.74, 6) is 1.23. The number of aliphatic hydroxyl groups excluding tert-OH is 4. The normalized spacial score (nSPS) is 31.6. The van der Waals surface area contributed by atoms with Crippen LogP contribution in [0.15, 0.2) is 18.2 Å². The third-order valence-corrected chi connectivity index (χ3v) is 3.46. The van der Waals surface area contributed by atoms with Crippen molar-refractivity contribution in [3.63, 3.8) is 0 Å². The van der Waals surface area contributed by atoms with Crippen LogP contribution in [0.2, 0.25) is 0 Å². The number of hydrogen-bond acceptors (Lipinski definition) is 8. The molecule has 22 heavy (non-hydrogen) atoms. The Kier molecular flexibility index (Phi) is 5.43. The van der Waals surface area contributed by atoms with Gasteiger partial charge in [0.2, 0.25) is 6.29 Å². The van der Waals surface area contributed by atoms with Gasteiger partial charge in [-0.05, 0) is 12.1 Å². The highest BCUT2D eigenvalue weighted by Crippen LogP contribution is 2.32. The predicted octanol–water partition coefficient (Wildman–Crippen LogP) is -1.12. The van der Waals surface area contributed by atoms with Gasteiger partial charge in [0.25, 0.3) is 0 Å². The smallest absolute Gasteiger partial charge is 0.229 e. The molecule has 8 heteroatoms. The van der Waals surface area contributed by atoms with Crippen LogP contribution in [0.5, 0.6) is 17.2 Å². The molecule has 0 saturated carbocycles. The van der Waals surface area contributed by atoms with Crippen molar-refractivity contribution in [3.05, 3.63) is 18.2 Å². The van der Waals surface area contributed by atoms with Crippen LogP contribution in [0, 0.1) is 0 Å². The molecule has 0 aliphatic carbocycles. The topological polar surface area (TPSA) is 118 Å². The number of rotatable bonds is 5. The predicted molar refractivity (Wildman–Crippen MR) is 73.9 cm³/mol. The van der Waals surface area contributed by atoms with Gasteiger partial charge in [0.1, 0.15) is 30.2 Å². The molecule has 0 bridgehead atoms. The summed E-state index contributed by atoms with van der Waals surface area (Å²) in [6.45, 7) is -0.517. The first kappa shape index (κ1) is 16.8. The molecule has 4 N–H and O–H groups in total. The molecule has 0 aromatic heterocycles. The standard InChI is InChI=1S/C14H20O8/c1-19-8-4-3-7(5-9(8)20-2)21-14-13(18)12(17)11(16)10(6-15)22-14/h3-5,10-18H,6H2,1-2H3/t10-,11-,12+,13-,14-/m0/s1. The van der Waals surface area contributed by atoms with Gasteiger partial charge >= 0.3 is 0 Å². The van der Waals surface area contributed by atoms with Crippen LogP contribution in [0.4, 0.5) is 0 Å². The molecule has 1 aromatic rings. The van der Waals surface area contributed by atoms with Crippen LogP contribution < -0.4 is 14.2 Å². The average molecular weight is 316 g/mol. The van der Waals surface area contributed by atoms with Crippen molar-refractivity contribution in [1.29, 1.82) is 0 Å². The highest BCUT2D eigenvalue weighted by Gasteiger charge is 2.44. The number of hydrogen-bond donors (Lipinski definition) is 4. The van der Waals surface area contributed by atoms with Gasteiger partial charge in [-0.25, -0.2) is 0 Å². The lowest BCUT2D eigenvalue weighted by atomic mass is 9.99. The SMILES string of the molecule is COc1ccc(O[C@H]2O[C@@H](CO)[C@H](O)[C@@H](O)[C@@H]2O)cc1OC. The number of methoxy groups -OCH3 is 2. The molecule has 0 radical (unpaired) electrons. The Labute approximate surface area is 127 Å². The van der Waals surface area contributed by atoms with E-state index < -0.39 is 37.3 Å². The summed E-state index contributed by atoms with van der Waals surface area (Å²) in [6.07, 6.45) is -6.65. The van der Waals surface area contributed by atoms with E-state index in [0.717, 1.165) is 0 Å². The van der Waals surface area contributed by atoms with Crippen molar-refractivity contribution < 1.29 is 39.4 Å². The van der Waals surface area contributed by atoms with E-state index >= 15 is 0 Å². The van der Waals surface area contributed by atoms with E-state index in [1.54, 1.807) is 12.1 Å². The molecule has 8 nitrogen and oxygen atoms in total. The van der Waals surface area contributed by atoms with Gasteiger partial charge in [0.15, 0.2) is 11.5 Å². The van der Waals surface area contributed by atoms with Crippen molar-refractivity contribution in [2.24, 2.45) is 0 Å². The molecule has 1 fully saturated rings. The third kappa shape index (κ3) is 3.26. The summed E-state index contributed by atoms with van der Waals surface area (Å²) in [6, 6.07) is 4.71. The summed E-state index contributed by atoms with van der Waals surface area (Å²) in [4.78, 5) is 0. The first-order chi connectivity index (χ1) is 10.5. The zero-order valence-electron chi connectivity index (χ0n) is 12.2. The van der Waals surface area contributed by atoms with Gasteiger partial charge < -0.3 is 39.4 Å². The van der Waals surface area contributed by atoms with Crippen LogP contribution in [0.3, 0.4) is 0 Å². The van der Waals surface area contributed by atoms with Crippen molar-refractivity contribution in [2.75, 3.05) is 20.8 Å². The molecule has 0 spiro atoms. The van der Waals surface area contributed by atoms with Crippen LogP contribution in [-0.4, -0.2) is 72.0 Å². The van der Waals surface area contributed by atoms with E-state index in [9.17, 15) is 15.3 Å². The van der Waals surface area contributed by atoms with E-state index in [0.29, 0.717) is 17.2 Å². The number of ether oxygens (including phenoxy) is 4. The first-order valence-corrected chi connectivity index (χ1v) is 6.71. The fourth-order valence-corrected chi connectivity index (χ4v) is 2.19. The lowest BCUT2D eigenvalue weighted by Gasteiger charge is -2.39. The van der Waals surface area contributed by atoms with Crippen LogP contribution in [0.25, 0.3) is 0 Å². The fraction of sp³-hybridized carbons (Fsp3) is 0.571. The quantitative estimate of drug-likeness (QED) is 0.540. The second-order valence-electron chi connectivity index (χ2n) is 4.83. The van der Waals surface area contributed by atoms with E-state index in [-0.39, 0.29) is 0 Å². The minimum atomic E-state index is -1.49. The van der Waals surface area contributed by atoms with Crippen molar-refractivity contribution in [3.8, 4) is 17.2 Å². The molecular formula is C14H20O8. The maximum absolute atomic E-state index is 9.91. The van der Waals surface area contributed by atoms with Crippen LogP contribution >= 0.6 is 0 Å². The van der Waals surface area contributed by atoms with Gasteiger partial charge in [-0.15, -0.1) is 0 Å². The Morgan fingerprint density at radius 1 is 1.00 bits per heavy atom. The van der Waals surface area contributed by atoms with E-state index in [1.807, 2.05) is 0 Å². The summed E-state index contributed by atoms with van der Waals surface area (Å²) < 4.78 is 21.0. The maximum atomic E-state index is 9.91. The summed E-state index contributed by atoms with van der Waals surface area (Å²) >= 11 is 0. The van der Waals surface area contributed by atoms with Gasteiger partial charge in [-0.1, -0.05) is 0 Å². The van der Waals surface area contributed by atoms with Crippen molar-refractivity contribution in [1.82, 2.24) is 0 Å². The van der Waals surface area contributed by atoms with E-state index in [1.165, 1.54) is 20.3 Å². The van der Waals surface area contributed by atoms with E-state index in [4.69, 9.17) is 24.1 Å². The van der Waals surface area contributed by atoms with Crippen LogP contribution in [0.1, 0.15) is 0 Å². The molecule has 5 atom stereocenters. The monoisotopic (exact) mass is 316 g/mol.